The molecule has 0 aliphatic rings. The van der Waals surface area contributed by atoms with E-state index in [2.05, 4.69) is 10.1 Å². The lowest BCUT2D eigenvalue weighted by Gasteiger charge is -2.16. The Morgan fingerprint density at radius 2 is 1.91 bits per heavy atom. The molecule has 0 aromatic rings. The summed E-state index contributed by atoms with van der Waals surface area (Å²) < 4.78 is 2.15. The van der Waals surface area contributed by atoms with Crippen LogP contribution >= 0.6 is 23.2 Å². The molecule has 0 unspecified atom stereocenters. The highest BCUT2D eigenvalue weighted by atomic mass is 35.5. The standard InChI is InChI=1S/C5H7Cl2NO3/c1-3(9)11-5(6,7)4(10)8-2/h1-2H3,(H,8,10). The Balaban J connectivity index is 4.21. The van der Waals surface area contributed by atoms with Crippen LogP contribution in [0.4, 0.5) is 0 Å². The molecular formula is C5H7Cl2NO3. The molecule has 0 aliphatic heterocycles. The first-order valence-electron chi connectivity index (χ1n) is 2.69. The molecule has 0 radical (unpaired) electrons. The van der Waals surface area contributed by atoms with Gasteiger partial charge in [-0.15, -0.1) is 0 Å². The minimum Gasteiger partial charge on any atom is -0.419 e. The van der Waals surface area contributed by atoms with E-state index in [0.29, 0.717) is 0 Å². The van der Waals surface area contributed by atoms with Gasteiger partial charge in [0.2, 0.25) is 0 Å². The summed E-state index contributed by atoms with van der Waals surface area (Å²) in [5, 5.41) is 2.13. The summed E-state index contributed by atoms with van der Waals surface area (Å²) in [4.78, 5) is 21.0. The lowest BCUT2D eigenvalue weighted by molar-refractivity contribution is -0.151. The minimum atomic E-state index is -2.12. The summed E-state index contributed by atoms with van der Waals surface area (Å²) >= 11 is 10.6. The maximum Gasteiger partial charge on any atom is 0.340 e. The lowest BCUT2D eigenvalue weighted by atomic mass is 10.6. The number of carbonyl (C=O) groups is 2. The lowest BCUT2D eigenvalue weighted by Crippen LogP contribution is -2.39. The Hall–Kier alpha value is -0.480. The van der Waals surface area contributed by atoms with E-state index in [1.165, 1.54) is 7.05 Å². The third kappa shape index (κ3) is 3.43. The van der Waals surface area contributed by atoms with Crippen molar-refractivity contribution in [2.45, 2.75) is 11.4 Å². The number of nitrogens with one attached hydrogen (secondary N) is 1. The van der Waals surface area contributed by atoms with Gasteiger partial charge in [-0.2, -0.15) is 0 Å². The summed E-state index contributed by atoms with van der Waals surface area (Å²) in [6.07, 6.45) is 0. The highest BCUT2D eigenvalue weighted by Crippen LogP contribution is 2.22. The summed E-state index contributed by atoms with van der Waals surface area (Å²) in [6, 6.07) is 0. The number of halogens is 2. The van der Waals surface area contributed by atoms with Crippen LogP contribution in [0.15, 0.2) is 0 Å². The molecule has 0 aromatic heterocycles. The highest BCUT2D eigenvalue weighted by molar-refractivity contribution is 6.57. The Bertz CT molecular complexity index is 181. The molecule has 6 heteroatoms. The summed E-state index contributed by atoms with van der Waals surface area (Å²) in [7, 11) is 1.32. The SMILES string of the molecule is CNC(=O)C(Cl)(Cl)OC(C)=O. The molecule has 11 heavy (non-hydrogen) atoms. The Morgan fingerprint density at radius 3 is 2.18 bits per heavy atom. The zero-order chi connectivity index (χ0) is 9.07. The molecule has 0 rings (SSSR count). The Labute approximate surface area is 73.8 Å². The number of rotatable bonds is 2. The van der Waals surface area contributed by atoms with Gasteiger partial charge in [0, 0.05) is 14.0 Å². The topological polar surface area (TPSA) is 55.4 Å². The first-order chi connectivity index (χ1) is 4.90. The predicted molar refractivity (Wildman–Crippen MR) is 40.3 cm³/mol. The van der Waals surface area contributed by atoms with Crippen molar-refractivity contribution in [3.63, 3.8) is 0 Å². The van der Waals surface area contributed by atoms with Gasteiger partial charge in [0.15, 0.2) is 0 Å². The van der Waals surface area contributed by atoms with Gasteiger partial charge in [0.25, 0.3) is 5.91 Å². The van der Waals surface area contributed by atoms with E-state index in [-0.39, 0.29) is 0 Å². The smallest absolute Gasteiger partial charge is 0.340 e. The zero-order valence-electron chi connectivity index (χ0n) is 5.98. The predicted octanol–water partition coefficient (Wildman–Crippen LogP) is 0.427. The van der Waals surface area contributed by atoms with Crippen molar-refractivity contribution in [1.82, 2.24) is 5.32 Å². The average molecular weight is 200 g/mol. The van der Waals surface area contributed by atoms with Crippen LogP contribution in [0.2, 0.25) is 0 Å². The van der Waals surface area contributed by atoms with Crippen LogP contribution < -0.4 is 5.32 Å². The molecule has 0 fully saturated rings. The van der Waals surface area contributed by atoms with E-state index in [1.807, 2.05) is 0 Å². The minimum absolute atomic E-state index is 0.724. The third-order valence-electron chi connectivity index (χ3n) is 0.763. The molecule has 1 N–H and O–H groups in total. The zero-order valence-corrected chi connectivity index (χ0v) is 7.49. The van der Waals surface area contributed by atoms with E-state index >= 15 is 0 Å². The maximum atomic E-state index is 10.7. The van der Waals surface area contributed by atoms with Crippen LogP contribution in [0.5, 0.6) is 0 Å². The highest BCUT2D eigenvalue weighted by Gasteiger charge is 2.36. The number of ether oxygens (including phenoxy) is 1. The van der Waals surface area contributed by atoms with Gasteiger partial charge < -0.3 is 10.1 Å². The molecule has 0 bridgehead atoms. The van der Waals surface area contributed by atoms with Crippen LogP contribution in [-0.2, 0) is 14.3 Å². The van der Waals surface area contributed by atoms with Crippen molar-refractivity contribution >= 4 is 35.1 Å². The van der Waals surface area contributed by atoms with Gasteiger partial charge in [-0.05, 0) is 23.2 Å². The number of esters is 1. The molecule has 0 saturated carbocycles. The second-order valence-electron chi connectivity index (χ2n) is 1.69. The van der Waals surface area contributed by atoms with Gasteiger partial charge in [-0.1, -0.05) is 0 Å². The van der Waals surface area contributed by atoms with E-state index in [4.69, 9.17) is 23.2 Å². The number of hydrogen-bond acceptors (Lipinski definition) is 3. The fourth-order valence-electron chi connectivity index (χ4n) is 0.372. The van der Waals surface area contributed by atoms with E-state index in [0.717, 1.165) is 6.92 Å². The molecule has 0 aliphatic carbocycles. The van der Waals surface area contributed by atoms with E-state index in [1.54, 1.807) is 0 Å². The third-order valence-corrected chi connectivity index (χ3v) is 1.26. The summed E-state index contributed by atoms with van der Waals surface area (Å²) in [5.74, 6) is -1.50. The van der Waals surface area contributed by atoms with Crippen LogP contribution in [0.1, 0.15) is 6.92 Å². The molecule has 64 valence electrons. The molecule has 0 heterocycles. The van der Waals surface area contributed by atoms with Gasteiger partial charge in [-0.25, -0.2) is 0 Å². The van der Waals surface area contributed by atoms with Gasteiger partial charge in [-0.3, -0.25) is 9.59 Å². The van der Waals surface area contributed by atoms with Crippen molar-refractivity contribution in [2.75, 3.05) is 7.05 Å². The first-order valence-corrected chi connectivity index (χ1v) is 3.45. The van der Waals surface area contributed by atoms with Gasteiger partial charge in [0.05, 0.1) is 0 Å². The second kappa shape index (κ2) is 3.78. The number of hydrogen-bond donors (Lipinski definition) is 1. The number of alkyl halides is 2. The fourth-order valence-corrected chi connectivity index (χ4v) is 0.779. The van der Waals surface area contributed by atoms with Crippen molar-refractivity contribution < 1.29 is 14.3 Å². The normalized spacial score (nSPS) is 10.5. The quantitative estimate of drug-likeness (QED) is 0.519. The largest absolute Gasteiger partial charge is 0.419 e. The van der Waals surface area contributed by atoms with Crippen LogP contribution in [0.25, 0.3) is 0 Å². The van der Waals surface area contributed by atoms with Gasteiger partial charge in [0.1, 0.15) is 0 Å². The molecule has 0 aromatic carbocycles. The van der Waals surface area contributed by atoms with E-state index < -0.39 is 16.4 Å². The number of carbonyl (C=O) groups excluding carboxylic acids is 2. The van der Waals surface area contributed by atoms with Crippen LogP contribution in [-0.4, -0.2) is 23.4 Å². The number of likely N-dealkylation sites (N-methyl/N-ethyl adjacent to an activating group) is 1. The van der Waals surface area contributed by atoms with Gasteiger partial charge >= 0.3 is 10.5 Å². The van der Waals surface area contributed by atoms with Crippen LogP contribution in [0.3, 0.4) is 0 Å². The molecule has 1 amide bonds. The summed E-state index contributed by atoms with van der Waals surface area (Å²) in [5.41, 5.74) is 0. The van der Waals surface area contributed by atoms with Crippen molar-refractivity contribution in [2.24, 2.45) is 0 Å². The Morgan fingerprint density at radius 1 is 1.45 bits per heavy atom. The Kier molecular flexibility index (Phi) is 3.62. The molecule has 4 nitrogen and oxygen atoms in total. The molecule has 0 atom stereocenters. The first kappa shape index (κ1) is 10.5. The molecule has 0 saturated heterocycles. The van der Waals surface area contributed by atoms with Crippen molar-refractivity contribution in [3.8, 4) is 0 Å². The fraction of sp³-hybridized carbons (Fsp3) is 0.600. The molecular weight excluding hydrogens is 193 g/mol. The second-order valence-corrected chi connectivity index (χ2v) is 2.95. The van der Waals surface area contributed by atoms with Crippen molar-refractivity contribution in [3.05, 3.63) is 0 Å². The number of amides is 1. The van der Waals surface area contributed by atoms with Crippen LogP contribution in [0, 0.1) is 0 Å². The molecule has 0 spiro atoms. The average Bonchev–Trinajstić information content (AvgIpc) is 1.83. The maximum absolute atomic E-state index is 10.7. The van der Waals surface area contributed by atoms with Crippen molar-refractivity contribution in [1.29, 1.82) is 0 Å². The summed E-state index contributed by atoms with van der Waals surface area (Å²) in [6.45, 7) is 1.10. The monoisotopic (exact) mass is 199 g/mol. The van der Waals surface area contributed by atoms with E-state index in [9.17, 15) is 9.59 Å².